The van der Waals surface area contributed by atoms with Gasteiger partial charge in [-0.1, -0.05) is 19.3 Å². The number of piperidine rings is 1. The summed E-state index contributed by atoms with van der Waals surface area (Å²) in [5.41, 5.74) is 0.728. The number of likely N-dealkylation sites (tertiary alicyclic amines) is 1. The number of hydrogen-bond acceptors (Lipinski definition) is 2. The number of carbonyl (C=O) groups excluding carboxylic acids is 1. The number of amides is 1. The Morgan fingerprint density at radius 2 is 2.06 bits per heavy atom. The van der Waals surface area contributed by atoms with Gasteiger partial charge < -0.3 is 4.90 Å². The van der Waals surface area contributed by atoms with Crippen LogP contribution in [0.3, 0.4) is 0 Å². The Kier molecular flexibility index (Phi) is 3.31. The smallest absolute Gasteiger partial charge is 0.255 e. The minimum Gasteiger partial charge on any atom is -0.338 e. The van der Waals surface area contributed by atoms with E-state index >= 15 is 0 Å². The molecule has 1 saturated carbocycles. The van der Waals surface area contributed by atoms with Gasteiger partial charge in [0.15, 0.2) is 0 Å². The average Bonchev–Trinajstić information content (AvgIpc) is 2.47. The van der Waals surface area contributed by atoms with E-state index in [1.165, 1.54) is 32.1 Å². The van der Waals surface area contributed by atoms with E-state index < -0.39 is 0 Å². The monoisotopic (exact) mass is 244 g/mol. The molecule has 3 rings (SSSR count). The summed E-state index contributed by atoms with van der Waals surface area (Å²) in [6.45, 7) is 1.88. The van der Waals surface area contributed by atoms with Crippen molar-refractivity contribution in [2.45, 2.75) is 32.1 Å². The molecule has 1 aromatic heterocycles. The molecule has 0 aromatic carbocycles. The topological polar surface area (TPSA) is 33.2 Å². The third kappa shape index (κ3) is 2.26. The van der Waals surface area contributed by atoms with Crippen molar-refractivity contribution in [3.63, 3.8) is 0 Å². The molecule has 1 aliphatic heterocycles. The molecule has 18 heavy (non-hydrogen) atoms. The maximum absolute atomic E-state index is 12.4. The number of hydrogen-bond donors (Lipinski definition) is 0. The highest BCUT2D eigenvalue weighted by Crippen LogP contribution is 2.36. The number of rotatable bonds is 1. The van der Waals surface area contributed by atoms with Crippen LogP contribution in [0.25, 0.3) is 0 Å². The molecular formula is C15H20N2O. The van der Waals surface area contributed by atoms with Crippen molar-refractivity contribution < 1.29 is 4.79 Å². The molecule has 0 radical (unpaired) electrons. The van der Waals surface area contributed by atoms with Crippen molar-refractivity contribution in [1.29, 1.82) is 0 Å². The van der Waals surface area contributed by atoms with Gasteiger partial charge in [0.2, 0.25) is 0 Å². The highest BCUT2D eigenvalue weighted by atomic mass is 16.2. The zero-order chi connectivity index (χ0) is 12.4. The maximum atomic E-state index is 12.4. The van der Waals surface area contributed by atoms with E-state index in [0.717, 1.165) is 30.5 Å². The van der Waals surface area contributed by atoms with Gasteiger partial charge in [0.05, 0.1) is 5.56 Å². The average molecular weight is 244 g/mol. The molecule has 3 heteroatoms. The third-order valence-electron chi connectivity index (χ3n) is 4.49. The molecule has 2 unspecified atom stereocenters. The van der Waals surface area contributed by atoms with E-state index in [-0.39, 0.29) is 5.91 Å². The summed E-state index contributed by atoms with van der Waals surface area (Å²) in [4.78, 5) is 18.4. The molecule has 1 aliphatic carbocycles. The first-order chi connectivity index (χ1) is 8.84. The quantitative estimate of drug-likeness (QED) is 0.761. The first-order valence-corrected chi connectivity index (χ1v) is 7.04. The maximum Gasteiger partial charge on any atom is 0.255 e. The van der Waals surface area contributed by atoms with Crippen molar-refractivity contribution in [2.24, 2.45) is 11.8 Å². The van der Waals surface area contributed by atoms with E-state index in [0.29, 0.717) is 0 Å². The normalized spacial score (nSPS) is 27.7. The second kappa shape index (κ2) is 5.09. The number of aromatic nitrogens is 1. The molecule has 2 heterocycles. The molecule has 0 bridgehead atoms. The lowest BCUT2D eigenvalue weighted by molar-refractivity contribution is 0.0520. The predicted molar refractivity (Wildman–Crippen MR) is 70.2 cm³/mol. The van der Waals surface area contributed by atoms with Gasteiger partial charge in [-0.15, -0.1) is 0 Å². The minimum atomic E-state index is 0.159. The largest absolute Gasteiger partial charge is 0.338 e. The van der Waals surface area contributed by atoms with Gasteiger partial charge in [-0.2, -0.15) is 0 Å². The predicted octanol–water partition coefficient (Wildman–Crippen LogP) is 2.73. The molecule has 0 spiro atoms. The van der Waals surface area contributed by atoms with Crippen LogP contribution in [-0.2, 0) is 0 Å². The highest BCUT2D eigenvalue weighted by molar-refractivity contribution is 5.93. The second-order valence-electron chi connectivity index (χ2n) is 5.59. The molecule has 0 N–H and O–H groups in total. The van der Waals surface area contributed by atoms with Gasteiger partial charge in [-0.25, -0.2) is 0 Å². The van der Waals surface area contributed by atoms with Gasteiger partial charge in [0, 0.05) is 25.5 Å². The van der Waals surface area contributed by atoms with Crippen LogP contribution < -0.4 is 0 Å². The number of carbonyl (C=O) groups is 1. The van der Waals surface area contributed by atoms with Crippen LogP contribution >= 0.6 is 0 Å². The van der Waals surface area contributed by atoms with Gasteiger partial charge in [-0.05, 0) is 36.8 Å². The van der Waals surface area contributed by atoms with Crippen LogP contribution in [0.4, 0.5) is 0 Å². The molecule has 2 atom stereocenters. The Bertz CT molecular complexity index is 418. The minimum absolute atomic E-state index is 0.159. The van der Waals surface area contributed by atoms with E-state index in [9.17, 15) is 4.79 Å². The molecule has 2 fully saturated rings. The summed E-state index contributed by atoms with van der Waals surface area (Å²) in [5, 5.41) is 0. The number of fused-ring (bicyclic) bond motifs is 1. The van der Waals surface area contributed by atoms with E-state index in [2.05, 4.69) is 4.98 Å². The lowest BCUT2D eigenvalue weighted by atomic mass is 9.75. The van der Waals surface area contributed by atoms with Gasteiger partial charge >= 0.3 is 0 Å². The molecule has 1 amide bonds. The van der Waals surface area contributed by atoms with Crippen LogP contribution in [-0.4, -0.2) is 28.9 Å². The molecule has 1 aromatic rings. The summed E-state index contributed by atoms with van der Waals surface area (Å²) in [6, 6.07) is 3.70. The molecule has 2 aliphatic rings. The van der Waals surface area contributed by atoms with Crippen LogP contribution in [0.15, 0.2) is 24.5 Å². The highest BCUT2D eigenvalue weighted by Gasteiger charge is 2.33. The molecule has 96 valence electrons. The van der Waals surface area contributed by atoms with E-state index in [1.54, 1.807) is 12.4 Å². The first kappa shape index (κ1) is 11.7. The fraction of sp³-hybridized carbons (Fsp3) is 0.600. The summed E-state index contributed by atoms with van der Waals surface area (Å²) in [5.74, 6) is 1.77. The third-order valence-corrected chi connectivity index (χ3v) is 4.49. The fourth-order valence-corrected chi connectivity index (χ4v) is 3.46. The van der Waals surface area contributed by atoms with Crippen LogP contribution in [0.5, 0.6) is 0 Å². The lowest BCUT2D eigenvalue weighted by Gasteiger charge is -2.41. The summed E-state index contributed by atoms with van der Waals surface area (Å²) in [6.07, 6.45) is 9.99. The Morgan fingerprint density at radius 1 is 1.22 bits per heavy atom. The van der Waals surface area contributed by atoms with Gasteiger partial charge in [-0.3, -0.25) is 9.78 Å². The Labute approximate surface area is 108 Å². The van der Waals surface area contributed by atoms with E-state index in [4.69, 9.17) is 0 Å². The zero-order valence-corrected chi connectivity index (χ0v) is 10.7. The Morgan fingerprint density at radius 3 is 2.83 bits per heavy atom. The van der Waals surface area contributed by atoms with Crippen LogP contribution in [0.1, 0.15) is 42.5 Å². The summed E-state index contributed by atoms with van der Waals surface area (Å²) < 4.78 is 0. The number of nitrogens with zero attached hydrogens (tertiary/aromatic N) is 2. The van der Waals surface area contributed by atoms with Crippen LogP contribution in [0, 0.1) is 11.8 Å². The molecule has 1 saturated heterocycles. The van der Waals surface area contributed by atoms with Crippen molar-refractivity contribution in [1.82, 2.24) is 9.88 Å². The van der Waals surface area contributed by atoms with Crippen LogP contribution in [0.2, 0.25) is 0 Å². The zero-order valence-electron chi connectivity index (χ0n) is 10.7. The Balaban J connectivity index is 1.69. The fourth-order valence-electron chi connectivity index (χ4n) is 3.46. The van der Waals surface area contributed by atoms with Crippen molar-refractivity contribution in [2.75, 3.05) is 13.1 Å². The van der Waals surface area contributed by atoms with E-state index in [1.807, 2.05) is 17.0 Å². The van der Waals surface area contributed by atoms with Crippen molar-refractivity contribution in [3.8, 4) is 0 Å². The molecule has 3 nitrogen and oxygen atoms in total. The number of pyridine rings is 1. The van der Waals surface area contributed by atoms with Crippen molar-refractivity contribution >= 4 is 5.91 Å². The SMILES string of the molecule is O=C(c1cccnc1)N1CCC2CCCCC2C1. The first-order valence-electron chi connectivity index (χ1n) is 7.04. The second-order valence-corrected chi connectivity index (χ2v) is 5.59. The lowest BCUT2D eigenvalue weighted by Crippen LogP contribution is -2.44. The molecular weight excluding hydrogens is 224 g/mol. The summed E-state index contributed by atoms with van der Waals surface area (Å²) in [7, 11) is 0. The standard InChI is InChI=1S/C15H20N2O/c18-15(13-6-3-8-16-10-13)17-9-7-12-4-1-2-5-14(12)11-17/h3,6,8,10,12,14H,1-2,4-5,7,9,11H2. The van der Waals surface area contributed by atoms with Gasteiger partial charge in [0.25, 0.3) is 5.91 Å². The van der Waals surface area contributed by atoms with Crippen molar-refractivity contribution in [3.05, 3.63) is 30.1 Å². The summed E-state index contributed by atoms with van der Waals surface area (Å²) >= 11 is 0. The Hall–Kier alpha value is -1.38. The van der Waals surface area contributed by atoms with Gasteiger partial charge in [0.1, 0.15) is 0 Å².